The van der Waals surface area contributed by atoms with Crippen LogP contribution in [0.1, 0.15) is 26.7 Å². The molecule has 2 fully saturated rings. The topological polar surface area (TPSA) is 61.4 Å². The molecule has 2 aliphatic heterocycles. The summed E-state index contributed by atoms with van der Waals surface area (Å²) >= 11 is 1.50. The maximum Gasteiger partial charge on any atom is 0.243 e. The van der Waals surface area contributed by atoms with Crippen molar-refractivity contribution in [1.82, 2.24) is 10.6 Å². The molecule has 25 heavy (non-hydrogen) atoms. The molecule has 2 heterocycles. The first-order valence-electron chi connectivity index (χ1n) is 8.61. The number of carbonyl (C=O) groups is 2. The largest absolute Gasteiger partial charge is 0.369 e. The normalized spacial score (nSPS) is 23.9. The number of rotatable bonds is 3. The number of hydrogen-bond acceptors (Lipinski definition) is 4. The van der Waals surface area contributed by atoms with E-state index in [9.17, 15) is 14.0 Å². The number of nitrogens with zero attached hydrogens (tertiary/aromatic N) is 1. The third-order valence-electron chi connectivity index (χ3n) is 4.81. The Kier molecular flexibility index (Phi) is 5.22. The van der Waals surface area contributed by atoms with Crippen LogP contribution in [0.3, 0.4) is 0 Å². The van der Waals surface area contributed by atoms with Crippen LogP contribution in [0.15, 0.2) is 24.3 Å². The van der Waals surface area contributed by atoms with E-state index in [1.54, 1.807) is 12.1 Å². The Morgan fingerprint density at radius 3 is 2.64 bits per heavy atom. The van der Waals surface area contributed by atoms with Gasteiger partial charge in [-0.1, -0.05) is 12.1 Å². The van der Waals surface area contributed by atoms with Crippen molar-refractivity contribution in [3.8, 4) is 0 Å². The monoisotopic (exact) mass is 365 g/mol. The predicted octanol–water partition coefficient (Wildman–Crippen LogP) is 1.92. The van der Waals surface area contributed by atoms with Gasteiger partial charge in [0.1, 0.15) is 11.9 Å². The molecule has 3 rings (SSSR count). The zero-order valence-electron chi connectivity index (χ0n) is 14.5. The summed E-state index contributed by atoms with van der Waals surface area (Å²) in [6.45, 7) is 5.12. The summed E-state index contributed by atoms with van der Waals surface area (Å²) in [5, 5.41) is 5.84. The molecule has 136 valence electrons. The number of anilines is 1. The van der Waals surface area contributed by atoms with Crippen molar-refractivity contribution in [2.24, 2.45) is 0 Å². The Bertz CT molecular complexity index is 659. The third kappa shape index (κ3) is 4.08. The fourth-order valence-corrected chi connectivity index (χ4v) is 4.15. The number of piperidine rings is 1. The molecule has 1 aromatic carbocycles. The Morgan fingerprint density at radius 2 is 2.00 bits per heavy atom. The fraction of sp³-hybridized carbons (Fsp3) is 0.556. The number of amides is 2. The van der Waals surface area contributed by atoms with Crippen LogP contribution in [-0.4, -0.2) is 47.5 Å². The van der Waals surface area contributed by atoms with E-state index in [2.05, 4.69) is 10.6 Å². The number of thioether (sulfide) groups is 1. The highest BCUT2D eigenvalue weighted by Gasteiger charge is 2.38. The zero-order valence-corrected chi connectivity index (χ0v) is 15.4. The van der Waals surface area contributed by atoms with E-state index < -0.39 is 10.8 Å². The first-order valence-corrected chi connectivity index (χ1v) is 9.60. The van der Waals surface area contributed by atoms with Crippen LogP contribution in [0.5, 0.6) is 0 Å². The molecule has 7 heteroatoms. The molecule has 0 saturated carbocycles. The molecule has 0 unspecified atom stereocenters. The molecule has 0 aromatic heterocycles. The molecule has 1 atom stereocenters. The van der Waals surface area contributed by atoms with E-state index in [1.165, 1.54) is 17.8 Å². The molecule has 2 saturated heterocycles. The smallest absolute Gasteiger partial charge is 0.243 e. The van der Waals surface area contributed by atoms with Crippen molar-refractivity contribution in [1.29, 1.82) is 0 Å². The first-order chi connectivity index (χ1) is 11.9. The minimum absolute atomic E-state index is 0.0624. The molecule has 0 spiro atoms. The highest BCUT2D eigenvalue weighted by molar-refractivity contribution is 8.01. The van der Waals surface area contributed by atoms with Crippen LogP contribution in [0.25, 0.3) is 0 Å². The molecular formula is C18H24FN3O2S. The molecule has 2 amide bonds. The van der Waals surface area contributed by atoms with E-state index in [0.717, 1.165) is 12.8 Å². The molecule has 5 nitrogen and oxygen atoms in total. The van der Waals surface area contributed by atoms with Crippen LogP contribution in [0, 0.1) is 5.82 Å². The second-order valence-corrected chi connectivity index (χ2v) is 8.71. The van der Waals surface area contributed by atoms with Gasteiger partial charge in [0.05, 0.1) is 10.4 Å². The summed E-state index contributed by atoms with van der Waals surface area (Å²) < 4.78 is 13.4. The number of nitrogens with one attached hydrogen (secondary N) is 2. The minimum atomic E-state index is -0.484. The van der Waals surface area contributed by atoms with E-state index in [-0.39, 0.29) is 23.7 Å². The van der Waals surface area contributed by atoms with Crippen LogP contribution < -0.4 is 15.5 Å². The molecule has 2 N–H and O–H groups in total. The molecule has 1 aromatic rings. The second kappa shape index (κ2) is 7.23. The van der Waals surface area contributed by atoms with Gasteiger partial charge in [-0.2, -0.15) is 0 Å². The number of benzene rings is 1. The summed E-state index contributed by atoms with van der Waals surface area (Å²) in [7, 11) is 0. The lowest BCUT2D eigenvalue weighted by Gasteiger charge is -2.36. The Balaban J connectivity index is 1.50. The third-order valence-corrected chi connectivity index (χ3v) is 6.22. The summed E-state index contributed by atoms with van der Waals surface area (Å²) in [5.74, 6) is 0.145. The fourth-order valence-electron chi connectivity index (χ4n) is 3.15. The van der Waals surface area contributed by atoms with Gasteiger partial charge in [0.2, 0.25) is 11.8 Å². The highest BCUT2D eigenvalue weighted by Crippen LogP contribution is 2.29. The number of para-hydroxylation sites is 1. The van der Waals surface area contributed by atoms with Crippen molar-refractivity contribution < 1.29 is 14.0 Å². The van der Waals surface area contributed by atoms with E-state index >= 15 is 0 Å². The second-order valence-electron chi connectivity index (χ2n) is 7.07. The van der Waals surface area contributed by atoms with Gasteiger partial charge < -0.3 is 15.5 Å². The Morgan fingerprint density at radius 1 is 1.32 bits per heavy atom. The Hall–Kier alpha value is -1.76. The summed E-state index contributed by atoms with van der Waals surface area (Å²) in [6.07, 6.45) is 1.53. The van der Waals surface area contributed by atoms with Crippen molar-refractivity contribution in [2.45, 2.75) is 43.5 Å². The quantitative estimate of drug-likeness (QED) is 0.859. The average Bonchev–Trinajstić information content (AvgIpc) is 2.58. The highest BCUT2D eigenvalue weighted by atomic mass is 32.2. The van der Waals surface area contributed by atoms with Crippen molar-refractivity contribution in [2.75, 3.05) is 23.7 Å². The van der Waals surface area contributed by atoms with Gasteiger partial charge >= 0.3 is 0 Å². The van der Waals surface area contributed by atoms with Crippen molar-refractivity contribution in [3.05, 3.63) is 30.1 Å². The summed E-state index contributed by atoms with van der Waals surface area (Å²) in [6, 6.07) is 6.35. The summed E-state index contributed by atoms with van der Waals surface area (Å²) in [5.41, 5.74) is 0.616. The van der Waals surface area contributed by atoms with Gasteiger partial charge in [-0.25, -0.2) is 4.39 Å². The zero-order chi connectivity index (χ0) is 18.0. The van der Waals surface area contributed by atoms with E-state index in [1.807, 2.05) is 24.8 Å². The van der Waals surface area contributed by atoms with Gasteiger partial charge in [-0.3, -0.25) is 9.59 Å². The van der Waals surface area contributed by atoms with Gasteiger partial charge in [-0.05, 0) is 38.8 Å². The number of carbonyl (C=O) groups excluding carboxylic acids is 2. The van der Waals surface area contributed by atoms with Crippen LogP contribution >= 0.6 is 11.8 Å². The molecule has 2 aliphatic rings. The molecule has 0 aliphatic carbocycles. The van der Waals surface area contributed by atoms with Crippen LogP contribution in [0.4, 0.5) is 10.1 Å². The number of hydrogen-bond donors (Lipinski definition) is 2. The van der Waals surface area contributed by atoms with Gasteiger partial charge in [0, 0.05) is 24.9 Å². The van der Waals surface area contributed by atoms with Gasteiger partial charge in [0.25, 0.3) is 0 Å². The lowest BCUT2D eigenvalue weighted by atomic mass is 10.0. The minimum Gasteiger partial charge on any atom is -0.369 e. The van der Waals surface area contributed by atoms with Crippen molar-refractivity contribution >= 4 is 29.3 Å². The van der Waals surface area contributed by atoms with E-state index in [4.69, 9.17) is 0 Å². The SMILES string of the molecule is CC1(C)SC[C@@H](C(=O)NC2CCN(c3ccccc3F)CC2)NC1=O. The molecular weight excluding hydrogens is 341 g/mol. The number of halogens is 1. The van der Waals surface area contributed by atoms with Gasteiger partial charge in [-0.15, -0.1) is 11.8 Å². The maximum absolute atomic E-state index is 13.9. The Labute approximate surface area is 151 Å². The van der Waals surface area contributed by atoms with E-state index in [0.29, 0.717) is 24.5 Å². The predicted molar refractivity (Wildman–Crippen MR) is 98.2 cm³/mol. The maximum atomic E-state index is 13.9. The van der Waals surface area contributed by atoms with Crippen LogP contribution in [0.2, 0.25) is 0 Å². The lowest BCUT2D eigenvalue weighted by molar-refractivity contribution is -0.130. The molecule has 0 radical (unpaired) electrons. The average molecular weight is 365 g/mol. The molecule has 0 bridgehead atoms. The van der Waals surface area contributed by atoms with Crippen LogP contribution in [-0.2, 0) is 9.59 Å². The van der Waals surface area contributed by atoms with Crippen molar-refractivity contribution in [3.63, 3.8) is 0 Å². The summed E-state index contributed by atoms with van der Waals surface area (Å²) in [4.78, 5) is 26.4. The first kappa shape index (κ1) is 18.0. The van der Waals surface area contributed by atoms with Gasteiger partial charge in [0.15, 0.2) is 0 Å². The lowest BCUT2D eigenvalue weighted by Crippen LogP contribution is -2.59. The standard InChI is InChI=1S/C18H24FN3O2S/c1-18(2)17(24)21-14(11-25-18)16(23)20-12-7-9-22(10-8-12)15-6-4-3-5-13(15)19/h3-6,12,14H,7-11H2,1-2H3,(H,20,23)(H,21,24)/t14-/m0/s1.